The molecule has 0 aromatic carbocycles. The van der Waals surface area contributed by atoms with E-state index in [1.807, 2.05) is 16.7 Å². The molecule has 1 fully saturated rings. The summed E-state index contributed by atoms with van der Waals surface area (Å²) in [6, 6.07) is 0. The van der Waals surface area contributed by atoms with Crippen LogP contribution in [0.3, 0.4) is 0 Å². The Morgan fingerprint density at radius 3 is 3.06 bits per heavy atom. The predicted molar refractivity (Wildman–Crippen MR) is 64.3 cm³/mol. The van der Waals surface area contributed by atoms with Gasteiger partial charge < -0.3 is 10.6 Å². The molecular weight excluding hydrogens is 224 g/mol. The molecule has 0 unspecified atom stereocenters. The van der Waals surface area contributed by atoms with E-state index in [4.69, 9.17) is 5.73 Å². The fourth-order valence-corrected chi connectivity index (χ4v) is 2.48. The van der Waals surface area contributed by atoms with Crippen molar-refractivity contribution in [1.82, 2.24) is 14.9 Å². The lowest BCUT2D eigenvalue weighted by atomic mass is 10.3. The van der Waals surface area contributed by atoms with E-state index < -0.39 is 0 Å². The van der Waals surface area contributed by atoms with Crippen molar-refractivity contribution in [3.05, 3.63) is 18.1 Å². The van der Waals surface area contributed by atoms with Crippen LogP contribution in [-0.4, -0.2) is 45.4 Å². The van der Waals surface area contributed by atoms with Gasteiger partial charge in [-0.3, -0.25) is 9.78 Å². The molecule has 0 bridgehead atoms. The molecule has 86 valence electrons. The van der Waals surface area contributed by atoms with Crippen LogP contribution in [0.25, 0.3) is 0 Å². The number of carbonyl (C=O) groups excluding carboxylic acids is 1. The van der Waals surface area contributed by atoms with Crippen LogP contribution < -0.4 is 5.73 Å². The zero-order valence-electron chi connectivity index (χ0n) is 8.93. The number of hydrogen-bond acceptors (Lipinski definition) is 5. The SMILES string of the molecule is Nc1cncc(C(=O)N2CCCSCC2)n1. The Bertz CT molecular complexity index is 377. The summed E-state index contributed by atoms with van der Waals surface area (Å²) in [6.07, 6.45) is 3.94. The smallest absolute Gasteiger partial charge is 0.274 e. The number of amides is 1. The number of anilines is 1. The molecule has 6 heteroatoms. The summed E-state index contributed by atoms with van der Waals surface area (Å²) >= 11 is 1.88. The molecule has 0 aliphatic carbocycles. The second-order valence-electron chi connectivity index (χ2n) is 3.59. The number of nitrogens with zero attached hydrogens (tertiary/aromatic N) is 3. The zero-order valence-corrected chi connectivity index (χ0v) is 9.74. The summed E-state index contributed by atoms with van der Waals surface area (Å²) in [6.45, 7) is 1.57. The molecule has 2 N–H and O–H groups in total. The van der Waals surface area contributed by atoms with Crippen molar-refractivity contribution in [2.45, 2.75) is 6.42 Å². The van der Waals surface area contributed by atoms with Crippen molar-refractivity contribution >= 4 is 23.5 Å². The van der Waals surface area contributed by atoms with E-state index in [2.05, 4.69) is 9.97 Å². The molecule has 0 atom stereocenters. The molecule has 1 aromatic rings. The van der Waals surface area contributed by atoms with Gasteiger partial charge in [0, 0.05) is 18.8 Å². The molecule has 2 heterocycles. The average Bonchev–Trinajstić information content (AvgIpc) is 2.56. The van der Waals surface area contributed by atoms with Crippen molar-refractivity contribution < 1.29 is 4.79 Å². The van der Waals surface area contributed by atoms with Crippen LogP contribution in [0.2, 0.25) is 0 Å². The van der Waals surface area contributed by atoms with Crippen molar-refractivity contribution in [2.24, 2.45) is 0 Å². The molecule has 0 spiro atoms. The first-order chi connectivity index (χ1) is 7.77. The van der Waals surface area contributed by atoms with Crippen LogP contribution in [0.15, 0.2) is 12.4 Å². The third kappa shape index (κ3) is 2.63. The van der Waals surface area contributed by atoms with Gasteiger partial charge in [0.25, 0.3) is 5.91 Å². The highest BCUT2D eigenvalue weighted by atomic mass is 32.2. The fourth-order valence-electron chi connectivity index (χ4n) is 1.60. The second-order valence-corrected chi connectivity index (χ2v) is 4.81. The first-order valence-electron chi connectivity index (χ1n) is 5.22. The van der Waals surface area contributed by atoms with Crippen molar-refractivity contribution in [3.63, 3.8) is 0 Å². The summed E-state index contributed by atoms with van der Waals surface area (Å²) in [5.74, 6) is 2.32. The van der Waals surface area contributed by atoms with Gasteiger partial charge in [-0.25, -0.2) is 4.98 Å². The first kappa shape index (κ1) is 11.2. The Morgan fingerprint density at radius 1 is 1.38 bits per heavy atom. The zero-order chi connectivity index (χ0) is 11.4. The van der Waals surface area contributed by atoms with E-state index in [0.717, 1.165) is 31.0 Å². The minimum absolute atomic E-state index is 0.0673. The molecular formula is C10H14N4OS. The number of nitrogen functional groups attached to an aromatic ring is 1. The Kier molecular flexibility index (Phi) is 3.61. The van der Waals surface area contributed by atoms with Crippen LogP contribution >= 0.6 is 11.8 Å². The summed E-state index contributed by atoms with van der Waals surface area (Å²) < 4.78 is 0. The van der Waals surface area contributed by atoms with Crippen LogP contribution in [0, 0.1) is 0 Å². The maximum absolute atomic E-state index is 12.1. The largest absolute Gasteiger partial charge is 0.382 e. The van der Waals surface area contributed by atoms with Crippen molar-refractivity contribution in [2.75, 3.05) is 30.3 Å². The third-order valence-corrected chi connectivity index (χ3v) is 3.43. The number of aromatic nitrogens is 2. The van der Waals surface area contributed by atoms with Gasteiger partial charge in [0.15, 0.2) is 0 Å². The molecule has 1 amide bonds. The molecule has 1 aromatic heterocycles. The Hall–Kier alpha value is -1.30. The first-order valence-corrected chi connectivity index (χ1v) is 6.37. The average molecular weight is 238 g/mol. The van der Waals surface area contributed by atoms with Gasteiger partial charge in [0.2, 0.25) is 0 Å². The molecule has 1 aliphatic rings. The van der Waals surface area contributed by atoms with E-state index in [9.17, 15) is 4.79 Å². The van der Waals surface area contributed by atoms with Gasteiger partial charge in [0.05, 0.1) is 12.4 Å². The fraction of sp³-hybridized carbons (Fsp3) is 0.500. The topological polar surface area (TPSA) is 72.1 Å². The lowest BCUT2D eigenvalue weighted by Crippen LogP contribution is -2.33. The van der Waals surface area contributed by atoms with Crippen LogP contribution in [0.1, 0.15) is 16.9 Å². The molecule has 0 radical (unpaired) electrons. The highest BCUT2D eigenvalue weighted by molar-refractivity contribution is 7.99. The van der Waals surface area contributed by atoms with Gasteiger partial charge in [-0.05, 0) is 12.2 Å². The molecule has 5 nitrogen and oxygen atoms in total. The third-order valence-electron chi connectivity index (χ3n) is 2.38. The maximum Gasteiger partial charge on any atom is 0.274 e. The quantitative estimate of drug-likeness (QED) is 0.777. The second kappa shape index (κ2) is 5.16. The number of hydrogen-bond donors (Lipinski definition) is 1. The van der Waals surface area contributed by atoms with Gasteiger partial charge in [-0.15, -0.1) is 0 Å². The minimum atomic E-state index is -0.0673. The van der Waals surface area contributed by atoms with Crippen molar-refractivity contribution in [1.29, 1.82) is 0 Å². The summed E-state index contributed by atoms with van der Waals surface area (Å²) in [5.41, 5.74) is 5.85. The number of carbonyl (C=O) groups is 1. The van der Waals surface area contributed by atoms with Crippen LogP contribution in [0.4, 0.5) is 5.82 Å². The maximum atomic E-state index is 12.1. The monoisotopic (exact) mass is 238 g/mol. The minimum Gasteiger partial charge on any atom is -0.382 e. The van der Waals surface area contributed by atoms with Gasteiger partial charge in [-0.2, -0.15) is 11.8 Å². The summed E-state index contributed by atoms with van der Waals surface area (Å²) in [4.78, 5) is 21.8. The normalized spacial score (nSPS) is 16.9. The Morgan fingerprint density at radius 2 is 2.25 bits per heavy atom. The van der Waals surface area contributed by atoms with Gasteiger partial charge in [-0.1, -0.05) is 0 Å². The predicted octanol–water partition coefficient (Wildman–Crippen LogP) is 0.638. The Labute approximate surface area is 98.4 Å². The van der Waals surface area contributed by atoms with Crippen LogP contribution in [-0.2, 0) is 0 Å². The molecule has 1 aliphatic heterocycles. The van der Waals surface area contributed by atoms with E-state index in [1.165, 1.54) is 12.4 Å². The molecule has 1 saturated heterocycles. The van der Waals surface area contributed by atoms with Gasteiger partial charge in [0.1, 0.15) is 11.5 Å². The van der Waals surface area contributed by atoms with E-state index in [1.54, 1.807) is 0 Å². The van der Waals surface area contributed by atoms with E-state index >= 15 is 0 Å². The lowest BCUT2D eigenvalue weighted by Gasteiger charge is -2.19. The molecule has 2 rings (SSSR count). The highest BCUT2D eigenvalue weighted by Gasteiger charge is 2.18. The van der Waals surface area contributed by atoms with Gasteiger partial charge >= 0.3 is 0 Å². The summed E-state index contributed by atoms with van der Waals surface area (Å²) in [7, 11) is 0. The standard InChI is InChI=1S/C10H14N4OS/c11-9-7-12-6-8(13-9)10(15)14-2-1-4-16-5-3-14/h6-7H,1-5H2,(H2,11,13). The number of rotatable bonds is 1. The van der Waals surface area contributed by atoms with Crippen molar-refractivity contribution in [3.8, 4) is 0 Å². The Balaban J connectivity index is 2.11. The number of nitrogens with two attached hydrogens (primary N) is 1. The highest BCUT2D eigenvalue weighted by Crippen LogP contribution is 2.12. The number of thioether (sulfide) groups is 1. The molecule has 0 saturated carbocycles. The van der Waals surface area contributed by atoms with E-state index in [0.29, 0.717) is 5.69 Å². The lowest BCUT2D eigenvalue weighted by molar-refractivity contribution is 0.0762. The molecule has 16 heavy (non-hydrogen) atoms. The summed E-state index contributed by atoms with van der Waals surface area (Å²) in [5, 5.41) is 0. The van der Waals surface area contributed by atoms with E-state index in [-0.39, 0.29) is 11.7 Å². The van der Waals surface area contributed by atoms with Crippen LogP contribution in [0.5, 0.6) is 0 Å².